The van der Waals surface area contributed by atoms with Crippen molar-refractivity contribution in [2.24, 2.45) is 0 Å². The normalized spacial score (nSPS) is 9.95. The van der Waals surface area contributed by atoms with Crippen molar-refractivity contribution in [3.05, 3.63) is 65.2 Å². The molecule has 0 bridgehead atoms. The van der Waals surface area contributed by atoms with Gasteiger partial charge in [-0.25, -0.2) is 8.78 Å². The standard InChI is InChI=1S/C16H12F2OS/c17-15-7-6-14(10-16(15)18)20-11-13-4-1-3-12(9-13)5-2-8-19/h1,3-4,6-7,9-10,19H,8,11H2. The Morgan fingerprint density at radius 2 is 1.90 bits per heavy atom. The Kier molecular flexibility index (Phi) is 5.16. The van der Waals surface area contributed by atoms with Crippen molar-refractivity contribution in [1.82, 2.24) is 0 Å². The summed E-state index contributed by atoms with van der Waals surface area (Å²) in [7, 11) is 0. The highest BCUT2D eigenvalue weighted by atomic mass is 32.2. The largest absolute Gasteiger partial charge is 0.384 e. The number of benzene rings is 2. The van der Waals surface area contributed by atoms with Crippen molar-refractivity contribution in [3.63, 3.8) is 0 Å². The Balaban J connectivity index is 2.05. The average Bonchev–Trinajstić information content (AvgIpc) is 2.47. The highest BCUT2D eigenvalue weighted by Crippen LogP contribution is 2.24. The molecule has 20 heavy (non-hydrogen) atoms. The molecule has 2 aromatic rings. The third-order valence-corrected chi connectivity index (χ3v) is 3.60. The molecular formula is C16H12F2OS. The van der Waals surface area contributed by atoms with Crippen molar-refractivity contribution in [2.75, 3.05) is 6.61 Å². The predicted octanol–water partition coefficient (Wildman–Crippen LogP) is 3.60. The molecule has 2 rings (SSSR count). The van der Waals surface area contributed by atoms with E-state index in [2.05, 4.69) is 11.8 Å². The maximum absolute atomic E-state index is 13.1. The molecule has 0 heterocycles. The summed E-state index contributed by atoms with van der Waals surface area (Å²) in [6.07, 6.45) is 0. The van der Waals surface area contributed by atoms with Crippen LogP contribution in [-0.4, -0.2) is 11.7 Å². The van der Waals surface area contributed by atoms with Crippen LogP contribution in [0.15, 0.2) is 47.4 Å². The summed E-state index contributed by atoms with van der Waals surface area (Å²) in [5.74, 6) is 4.38. The molecule has 0 saturated heterocycles. The first-order chi connectivity index (χ1) is 9.69. The average molecular weight is 290 g/mol. The van der Waals surface area contributed by atoms with E-state index >= 15 is 0 Å². The fraction of sp³-hybridized carbons (Fsp3) is 0.125. The highest BCUT2D eigenvalue weighted by Gasteiger charge is 2.03. The lowest BCUT2D eigenvalue weighted by atomic mass is 10.1. The smallest absolute Gasteiger partial charge is 0.159 e. The van der Waals surface area contributed by atoms with Crippen molar-refractivity contribution in [2.45, 2.75) is 10.6 Å². The van der Waals surface area contributed by atoms with Crippen LogP contribution in [0.25, 0.3) is 0 Å². The summed E-state index contributed by atoms with van der Waals surface area (Å²) in [5.41, 5.74) is 1.85. The Morgan fingerprint density at radius 1 is 1.05 bits per heavy atom. The Morgan fingerprint density at radius 3 is 2.65 bits per heavy atom. The van der Waals surface area contributed by atoms with Gasteiger partial charge >= 0.3 is 0 Å². The zero-order valence-electron chi connectivity index (χ0n) is 10.6. The lowest BCUT2D eigenvalue weighted by molar-refractivity contribution is 0.350. The van der Waals surface area contributed by atoms with Gasteiger partial charge in [0, 0.05) is 16.2 Å². The molecule has 1 N–H and O–H groups in total. The molecule has 0 aliphatic rings. The van der Waals surface area contributed by atoms with Crippen molar-refractivity contribution in [1.29, 1.82) is 0 Å². The second-order valence-electron chi connectivity index (χ2n) is 4.02. The molecule has 0 radical (unpaired) electrons. The number of hydrogen-bond acceptors (Lipinski definition) is 2. The first-order valence-electron chi connectivity index (χ1n) is 5.95. The fourth-order valence-electron chi connectivity index (χ4n) is 1.61. The van der Waals surface area contributed by atoms with Gasteiger partial charge in [0.25, 0.3) is 0 Å². The molecule has 0 fully saturated rings. The van der Waals surface area contributed by atoms with E-state index in [9.17, 15) is 8.78 Å². The van der Waals surface area contributed by atoms with Gasteiger partial charge in [-0.3, -0.25) is 0 Å². The number of hydrogen-bond donors (Lipinski definition) is 1. The van der Waals surface area contributed by atoms with Crippen LogP contribution in [0.3, 0.4) is 0 Å². The van der Waals surface area contributed by atoms with Crippen LogP contribution in [0.2, 0.25) is 0 Å². The van der Waals surface area contributed by atoms with Gasteiger partial charge in [-0.1, -0.05) is 24.0 Å². The van der Waals surface area contributed by atoms with E-state index < -0.39 is 11.6 Å². The summed E-state index contributed by atoms with van der Waals surface area (Å²) in [5, 5.41) is 8.65. The molecule has 0 aromatic heterocycles. The van der Waals surface area contributed by atoms with Gasteiger partial charge in [0.05, 0.1) is 0 Å². The zero-order valence-corrected chi connectivity index (χ0v) is 11.4. The third-order valence-electron chi connectivity index (χ3n) is 2.54. The summed E-state index contributed by atoms with van der Waals surface area (Å²) in [6.45, 7) is -0.173. The van der Waals surface area contributed by atoms with Crippen molar-refractivity contribution < 1.29 is 13.9 Å². The van der Waals surface area contributed by atoms with Gasteiger partial charge in [0.15, 0.2) is 11.6 Å². The van der Waals surface area contributed by atoms with E-state index in [0.29, 0.717) is 10.6 Å². The van der Waals surface area contributed by atoms with Crippen LogP contribution >= 0.6 is 11.8 Å². The zero-order chi connectivity index (χ0) is 14.4. The molecule has 0 saturated carbocycles. The molecule has 0 atom stereocenters. The highest BCUT2D eigenvalue weighted by molar-refractivity contribution is 7.98. The van der Waals surface area contributed by atoms with E-state index in [1.165, 1.54) is 17.8 Å². The second-order valence-corrected chi connectivity index (χ2v) is 5.07. The van der Waals surface area contributed by atoms with Crippen LogP contribution < -0.4 is 0 Å². The van der Waals surface area contributed by atoms with Crippen LogP contribution in [0, 0.1) is 23.5 Å². The molecule has 0 aliphatic carbocycles. The lowest BCUT2D eigenvalue weighted by Gasteiger charge is -2.03. The Labute approximate surface area is 120 Å². The van der Waals surface area contributed by atoms with Gasteiger partial charge < -0.3 is 5.11 Å². The number of aliphatic hydroxyl groups is 1. The minimum Gasteiger partial charge on any atom is -0.384 e. The van der Waals surface area contributed by atoms with E-state index in [0.717, 1.165) is 17.2 Å². The molecule has 1 nitrogen and oxygen atoms in total. The van der Waals surface area contributed by atoms with Gasteiger partial charge in [-0.2, -0.15) is 0 Å². The Hall–Kier alpha value is -1.83. The second kappa shape index (κ2) is 7.09. The quantitative estimate of drug-likeness (QED) is 0.688. The van der Waals surface area contributed by atoms with Gasteiger partial charge in [0.2, 0.25) is 0 Å². The molecule has 4 heteroatoms. The predicted molar refractivity (Wildman–Crippen MR) is 76.3 cm³/mol. The van der Waals surface area contributed by atoms with Crippen LogP contribution in [0.4, 0.5) is 8.78 Å². The van der Waals surface area contributed by atoms with Gasteiger partial charge in [-0.15, -0.1) is 11.8 Å². The maximum Gasteiger partial charge on any atom is 0.159 e. The third kappa shape index (κ3) is 4.09. The summed E-state index contributed by atoms with van der Waals surface area (Å²) in [6, 6.07) is 11.5. The van der Waals surface area contributed by atoms with E-state index in [-0.39, 0.29) is 6.61 Å². The fourth-order valence-corrected chi connectivity index (χ4v) is 2.48. The first kappa shape index (κ1) is 14.6. The molecule has 102 valence electrons. The first-order valence-corrected chi connectivity index (χ1v) is 6.94. The number of thioether (sulfide) groups is 1. The van der Waals surface area contributed by atoms with E-state index in [1.807, 2.05) is 24.3 Å². The molecular weight excluding hydrogens is 278 g/mol. The van der Waals surface area contributed by atoms with Crippen LogP contribution in [0.1, 0.15) is 11.1 Å². The van der Waals surface area contributed by atoms with Gasteiger partial charge in [0.1, 0.15) is 6.61 Å². The molecule has 0 spiro atoms. The lowest BCUT2D eigenvalue weighted by Crippen LogP contribution is -1.86. The molecule has 0 unspecified atom stereocenters. The maximum atomic E-state index is 13.1. The van der Waals surface area contributed by atoms with E-state index in [1.54, 1.807) is 6.07 Å². The van der Waals surface area contributed by atoms with Gasteiger partial charge in [-0.05, 0) is 35.9 Å². The summed E-state index contributed by atoms with van der Waals surface area (Å²) in [4.78, 5) is 0.677. The minimum atomic E-state index is -0.837. The van der Waals surface area contributed by atoms with Crippen molar-refractivity contribution >= 4 is 11.8 Å². The molecule has 0 amide bonds. The van der Waals surface area contributed by atoms with Crippen LogP contribution in [-0.2, 0) is 5.75 Å². The monoisotopic (exact) mass is 290 g/mol. The molecule has 0 aliphatic heterocycles. The molecule has 2 aromatic carbocycles. The van der Waals surface area contributed by atoms with E-state index in [4.69, 9.17) is 5.11 Å². The SMILES string of the molecule is OCC#Cc1cccc(CSc2ccc(F)c(F)c2)c1. The topological polar surface area (TPSA) is 20.2 Å². The number of halogens is 2. The number of aliphatic hydroxyl groups excluding tert-OH is 1. The summed E-state index contributed by atoms with van der Waals surface area (Å²) >= 11 is 1.42. The summed E-state index contributed by atoms with van der Waals surface area (Å²) < 4.78 is 25.9. The number of rotatable bonds is 3. The van der Waals surface area contributed by atoms with Crippen LogP contribution in [0.5, 0.6) is 0 Å². The Bertz CT molecular complexity index is 659. The van der Waals surface area contributed by atoms with Crippen molar-refractivity contribution in [3.8, 4) is 11.8 Å². The minimum absolute atomic E-state index is 0.173.